The lowest BCUT2D eigenvalue weighted by molar-refractivity contribution is 0.0683. The lowest BCUT2D eigenvalue weighted by atomic mass is 9.90. The Hall–Kier alpha value is -2.21. The van der Waals surface area contributed by atoms with Crippen LogP contribution in [0, 0.1) is 5.92 Å². The molecule has 0 aliphatic carbocycles. The van der Waals surface area contributed by atoms with Crippen LogP contribution in [0.3, 0.4) is 0 Å². The number of halogens is 2. The molecule has 0 bridgehead atoms. The van der Waals surface area contributed by atoms with Gasteiger partial charge in [0.05, 0.1) is 16.8 Å². The number of carbonyl (C=O) groups is 1. The minimum Gasteiger partial charge on any atom is -0.339 e. The topological polar surface area (TPSA) is 72.1 Å². The Morgan fingerprint density at radius 2 is 1.86 bits per heavy atom. The van der Waals surface area contributed by atoms with Crippen LogP contribution < -0.4 is 5.73 Å². The number of para-hydroxylation sites is 1. The third-order valence-corrected chi connectivity index (χ3v) is 5.47. The van der Waals surface area contributed by atoms with Crippen molar-refractivity contribution in [2.75, 3.05) is 13.1 Å². The summed E-state index contributed by atoms with van der Waals surface area (Å²) in [5.41, 5.74) is 9.26. The fourth-order valence-electron chi connectivity index (χ4n) is 3.81. The highest BCUT2D eigenvalue weighted by Gasteiger charge is 2.26. The van der Waals surface area contributed by atoms with Gasteiger partial charge in [-0.25, -0.2) is 4.98 Å². The maximum absolute atomic E-state index is 13.3. The molecule has 1 saturated heterocycles. The number of benzene rings is 1. The number of pyridine rings is 2. The van der Waals surface area contributed by atoms with Crippen LogP contribution in [0.1, 0.15) is 30.1 Å². The Morgan fingerprint density at radius 1 is 1.14 bits per heavy atom. The average molecular weight is 433 g/mol. The first-order valence-corrected chi connectivity index (χ1v) is 9.48. The van der Waals surface area contributed by atoms with E-state index in [2.05, 4.69) is 11.9 Å². The van der Waals surface area contributed by atoms with Crippen LogP contribution in [0.4, 0.5) is 0 Å². The zero-order valence-electron chi connectivity index (χ0n) is 16.3. The van der Waals surface area contributed by atoms with Gasteiger partial charge in [-0.3, -0.25) is 9.78 Å². The number of rotatable bonds is 3. The fourth-order valence-corrected chi connectivity index (χ4v) is 3.81. The maximum Gasteiger partial charge on any atom is 0.254 e. The fraction of sp³-hybridized carbons (Fsp3) is 0.318. The van der Waals surface area contributed by atoms with Gasteiger partial charge in [0, 0.05) is 42.5 Å². The van der Waals surface area contributed by atoms with Crippen LogP contribution in [-0.4, -0.2) is 39.9 Å². The van der Waals surface area contributed by atoms with E-state index >= 15 is 0 Å². The number of nitrogens with two attached hydrogens (primary N) is 1. The van der Waals surface area contributed by atoms with Gasteiger partial charge in [-0.15, -0.1) is 24.8 Å². The van der Waals surface area contributed by atoms with Crippen molar-refractivity contribution < 1.29 is 4.79 Å². The number of hydrogen-bond donors (Lipinski definition) is 1. The molecule has 1 amide bonds. The van der Waals surface area contributed by atoms with Gasteiger partial charge >= 0.3 is 0 Å². The van der Waals surface area contributed by atoms with Crippen molar-refractivity contribution in [2.45, 2.75) is 25.8 Å². The lowest BCUT2D eigenvalue weighted by Gasteiger charge is -2.34. The first kappa shape index (κ1) is 23.1. The molecular formula is C22H26Cl2N4O. The van der Waals surface area contributed by atoms with Crippen LogP contribution in [0.5, 0.6) is 0 Å². The Balaban J connectivity index is 0.00000150. The molecule has 0 saturated carbocycles. The summed E-state index contributed by atoms with van der Waals surface area (Å²) in [6.07, 6.45) is 5.43. The molecule has 3 heterocycles. The van der Waals surface area contributed by atoms with Crippen LogP contribution in [-0.2, 0) is 0 Å². The average Bonchev–Trinajstić information content (AvgIpc) is 2.73. The number of likely N-dealkylation sites (tertiary alicyclic amines) is 1. The molecule has 1 unspecified atom stereocenters. The number of aromatic nitrogens is 2. The minimum absolute atomic E-state index is 0. The monoisotopic (exact) mass is 432 g/mol. The summed E-state index contributed by atoms with van der Waals surface area (Å²) in [6.45, 7) is 3.56. The molecule has 2 N–H and O–H groups in total. The standard InChI is InChI=1S/C22H24N4O.2ClH/c1-15(23)16-8-11-26(12-9-16)22(27)19-13-21(17-5-4-10-24-14-17)25-20-7-3-2-6-18(19)20;;/h2-7,10,13-16H,8-9,11-12,23H2,1H3;2*1H. The predicted octanol–water partition coefficient (Wildman–Crippen LogP) is 4.34. The van der Waals surface area contributed by atoms with E-state index in [-0.39, 0.29) is 36.8 Å². The number of nitrogens with zero attached hydrogens (tertiary/aromatic N) is 3. The van der Waals surface area contributed by atoms with Gasteiger partial charge in [-0.2, -0.15) is 0 Å². The number of carbonyl (C=O) groups excluding carboxylic acids is 1. The Bertz CT molecular complexity index is 957. The highest BCUT2D eigenvalue weighted by molar-refractivity contribution is 6.07. The highest BCUT2D eigenvalue weighted by atomic mass is 35.5. The third kappa shape index (κ3) is 4.86. The summed E-state index contributed by atoms with van der Waals surface area (Å²) >= 11 is 0. The number of hydrogen-bond acceptors (Lipinski definition) is 4. The summed E-state index contributed by atoms with van der Waals surface area (Å²) in [5, 5.41) is 0.893. The number of piperidine rings is 1. The normalized spacial score (nSPS) is 15.3. The van der Waals surface area contributed by atoms with E-state index in [0.717, 1.165) is 48.1 Å². The Kier molecular flexibility index (Phi) is 7.96. The molecule has 1 aliphatic rings. The second kappa shape index (κ2) is 10.0. The van der Waals surface area contributed by atoms with E-state index in [0.29, 0.717) is 11.5 Å². The molecule has 0 spiro atoms. The summed E-state index contributed by atoms with van der Waals surface area (Å²) < 4.78 is 0. The zero-order valence-corrected chi connectivity index (χ0v) is 18.0. The van der Waals surface area contributed by atoms with E-state index in [1.807, 2.05) is 47.4 Å². The predicted molar refractivity (Wildman–Crippen MR) is 122 cm³/mol. The van der Waals surface area contributed by atoms with E-state index in [9.17, 15) is 4.79 Å². The molecule has 154 valence electrons. The molecule has 2 aromatic heterocycles. The molecule has 1 aliphatic heterocycles. The van der Waals surface area contributed by atoms with Crippen molar-refractivity contribution in [1.29, 1.82) is 0 Å². The van der Waals surface area contributed by atoms with Crippen molar-refractivity contribution in [3.63, 3.8) is 0 Å². The highest BCUT2D eigenvalue weighted by Crippen LogP contribution is 2.27. The van der Waals surface area contributed by atoms with Crippen LogP contribution >= 0.6 is 24.8 Å². The number of amides is 1. The molecule has 3 aromatic rings. The SMILES string of the molecule is CC(N)C1CCN(C(=O)c2cc(-c3cccnc3)nc3ccccc23)CC1.Cl.Cl. The molecule has 29 heavy (non-hydrogen) atoms. The van der Waals surface area contributed by atoms with E-state index in [1.54, 1.807) is 12.4 Å². The zero-order chi connectivity index (χ0) is 18.8. The molecule has 5 nitrogen and oxygen atoms in total. The molecule has 1 aromatic carbocycles. The smallest absolute Gasteiger partial charge is 0.254 e. The first-order valence-electron chi connectivity index (χ1n) is 9.48. The number of fused-ring (bicyclic) bond motifs is 1. The maximum atomic E-state index is 13.3. The second-order valence-electron chi connectivity index (χ2n) is 7.30. The summed E-state index contributed by atoms with van der Waals surface area (Å²) in [5.74, 6) is 0.566. The van der Waals surface area contributed by atoms with E-state index in [4.69, 9.17) is 10.7 Å². The van der Waals surface area contributed by atoms with Crippen molar-refractivity contribution >= 4 is 41.6 Å². The van der Waals surface area contributed by atoms with Gasteiger partial charge in [0.1, 0.15) is 0 Å². The minimum atomic E-state index is 0. The molecule has 1 fully saturated rings. The lowest BCUT2D eigenvalue weighted by Crippen LogP contribution is -2.42. The van der Waals surface area contributed by atoms with Crippen molar-refractivity contribution in [1.82, 2.24) is 14.9 Å². The summed E-state index contributed by atoms with van der Waals surface area (Å²) in [4.78, 5) is 24.2. The Labute approximate surface area is 183 Å². The van der Waals surface area contributed by atoms with Crippen LogP contribution in [0.2, 0.25) is 0 Å². The van der Waals surface area contributed by atoms with Crippen molar-refractivity contribution in [2.24, 2.45) is 11.7 Å². The molecule has 1 atom stereocenters. The first-order chi connectivity index (χ1) is 13.1. The van der Waals surface area contributed by atoms with E-state index < -0.39 is 0 Å². The van der Waals surface area contributed by atoms with Gasteiger partial charge in [0.15, 0.2) is 0 Å². The Morgan fingerprint density at radius 3 is 2.52 bits per heavy atom. The van der Waals surface area contributed by atoms with Gasteiger partial charge in [0.25, 0.3) is 5.91 Å². The van der Waals surface area contributed by atoms with Crippen molar-refractivity contribution in [3.05, 3.63) is 60.4 Å². The quantitative estimate of drug-likeness (QED) is 0.667. The van der Waals surface area contributed by atoms with Gasteiger partial charge in [-0.05, 0) is 49.9 Å². The van der Waals surface area contributed by atoms with Gasteiger partial charge in [-0.1, -0.05) is 18.2 Å². The second-order valence-corrected chi connectivity index (χ2v) is 7.30. The summed E-state index contributed by atoms with van der Waals surface area (Å²) in [7, 11) is 0. The van der Waals surface area contributed by atoms with E-state index in [1.165, 1.54) is 0 Å². The van der Waals surface area contributed by atoms with Gasteiger partial charge in [0.2, 0.25) is 0 Å². The van der Waals surface area contributed by atoms with Crippen molar-refractivity contribution in [3.8, 4) is 11.3 Å². The summed E-state index contributed by atoms with van der Waals surface area (Å²) in [6, 6.07) is 13.8. The van der Waals surface area contributed by atoms with Crippen LogP contribution in [0.25, 0.3) is 22.2 Å². The molecule has 0 radical (unpaired) electrons. The molecular weight excluding hydrogens is 407 g/mol. The molecule has 4 rings (SSSR count). The van der Waals surface area contributed by atoms with Crippen LogP contribution in [0.15, 0.2) is 54.9 Å². The van der Waals surface area contributed by atoms with Gasteiger partial charge < -0.3 is 10.6 Å². The molecule has 7 heteroatoms. The third-order valence-electron chi connectivity index (χ3n) is 5.47. The largest absolute Gasteiger partial charge is 0.339 e.